The molecule has 0 saturated heterocycles. The SMILES string of the molecule is Cn1cnc2c(=O)n(-c3ccc(Cl)cc3)c(NCCCC(F)(F)F)nc21. The topological polar surface area (TPSA) is 64.7 Å². The molecule has 0 amide bonds. The summed E-state index contributed by atoms with van der Waals surface area (Å²) in [6.07, 6.45) is -3.82. The highest BCUT2D eigenvalue weighted by Gasteiger charge is 2.26. The van der Waals surface area contributed by atoms with Crippen LogP contribution in [0.1, 0.15) is 12.8 Å². The Morgan fingerprint density at radius 3 is 2.58 bits per heavy atom. The number of hydrogen-bond acceptors (Lipinski definition) is 4. The molecule has 0 bridgehead atoms. The number of alkyl halides is 3. The van der Waals surface area contributed by atoms with E-state index in [1.54, 1.807) is 35.9 Å². The zero-order valence-corrected chi connectivity index (χ0v) is 14.5. The van der Waals surface area contributed by atoms with Gasteiger partial charge in [0, 0.05) is 25.0 Å². The van der Waals surface area contributed by atoms with E-state index in [2.05, 4.69) is 15.3 Å². The molecule has 26 heavy (non-hydrogen) atoms. The summed E-state index contributed by atoms with van der Waals surface area (Å²) in [5, 5.41) is 3.32. The van der Waals surface area contributed by atoms with Gasteiger partial charge >= 0.3 is 6.18 Å². The van der Waals surface area contributed by atoms with E-state index in [1.807, 2.05) is 0 Å². The van der Waals surface area contributed by atoms with Crippen LogP contribution in [0.25, 0.3) is 16.9 Å². The molecule has 6 nitrogen and oxygen atoms in total. The third-order valence-electron chi connectivity index (χ3n) is 3.74. The van der Waals surface area contributed by atoms with Gasteiger partial charge in [0.2, 0.25) is 5.95 Å². The van der Waals surface area contributed by atoms with Crippen LogP contribution in [-0.2, 0) is 7.05 Å². The number of rotatable bonds is 5. The maximum absolute atomic E-state index is 12.8. The first-order valence-electron chi connectivity index (χ1n) is 7.77. The molecule has 0 fully saturated rings. The molecule has 0 spiro atoms. The van der Waals surface area contributed by atoms with Crippen LogP contribution < -0.4 is 10.9 Å². The van der Waals surface area contributed by atoms with Gasteiger partial charge in [0.1, 0.15) is 0 Å². The zero-order valence-electron chi connectivity index (χ0n) is 13.7. The van der Waals surface area contributed by atoms with Crippen LogP contribution in [0.3, 0.4) is 0 Å². The van der Waals surface area contributed by atoms with Gasteiger partial charge in [-0.25, -0.2) is 9.55 Å². The number of benzene rings is 1. The van der Waals surface area contributed by atoms with Gasteiger partial charge < -0.3 is 9.88 Å². The molecule has 0 aliphatic heterocycles. The Balaban J connectivity index is 2.01. The molecular formula is C16H15ClF3N5O. The molecular weight excluding hydrogens is 371 g/mol. The number of nitrogens with one attached hydrogen (secondary N) is 1. The summed E-state index contributed by atoms with van der Waals surface area (Å²) in [6.45, 7) is 0.0168. The van der Waals surface area contributed by atoms with E-state index in [0.29, 0.717) is 16.4 Å². The van der Waals surface area contributed by atoms with Crippen LogP contribution in [0, 0.1) is 0 Å². The predicted molar refractivity (Wildman–Crippen MR) is 92.9 cm³/mol. The average molecular weight is 386 g/mol. The molecule has 10 heteroatoms. The lowest BCUT2D eigenvalue weighted by Crippen LogP contribution is -2.25. The van der Waals surface area contributed by atoms with Crippen molar-refractivity contribution in [2.24, 2.45) is 7.05 Å². The molecule has 1 aromatic carbocycles. The molecule has 1 N–H and O–H groups in total. The van der Waals surface area contributed by atoms with Crippen LogP contribution in [0.4, 0.5) is 19.1 Å². The van der Waals surface area contributed by atoms with Gasteiger partial charge in [0.05, 0.1) is 12.0 Å². The van der Waals surface area contributed by atoms with Crippen molar-refractivity contribution in [1.82, 2.24) is 19.1 Å². The van der Waals surface area contributed by atoms with E-state index >= 15 is 0 Å². The monoisotopic (exact) mass is 385 g/mol. The van der Waals surface area contributed by atoms with E-state index in [9.17, 15) is 18.0 Å². The second-order valence-corrected chi connectivity index (χ2v) is 6.16. The summed E-state index contributed by atoms with van der Waals surface area (Å²) in [6, 6.07) is 6.47. The fraction of sp³-hybridized carbons (Fsp3) is 0.312. The maximum Gasteiger partial charge on any atom is 0.389 e. The fourth-order valence-corrected chi connectivity index (χ4v) is 2.62. The molecule has 2 heterocycles. The molecule has 3 rings (SSSR count). The highest BCUT2D eigenvalue weighted by Crippen LogP contribution is 2.22. The second kappa shape index (κ2) is 6.99. The molecule has 138 valence electrons. The maximum atomic E-state index is 12.8. The number of halogens is 4. The van der Waals surface area contributed by atoms with Crippen LogP contribution >= 0.6 is 11.6 Å². The van der Waals surface area contributed by atoms with Crippen molar-refractivity contribution in [3.8, 4) is 5.69 Å². The second-order valence-electron chi connectivity index (χ2n) is 5.73. The Morgan fingerprint density at radius 2 is 1.92 bits per heavy atom. The van der Waals surface area contributed by atoms with Crippen LogP contribution in [-0.4, -0.2) is 31.8 Å². The van der Waals surface area contributed by atoms with Crippen molar-refractivity contribution in [3.63, 3.8) is 0 Å². The zero-order chi connectivity index (χ0) is 18.9. The number of aromatic nitrogens is 4. The summed E-state index contributed by atoms with van der Waals surface area (Å²) in [5.41, 5.74) is 0.579. The van der Waals surface area contributed by atoms with E-state index in [1.165, 1.54) is 10.9 Å². The molecule has 0 saturated carbocycles. The van der Waals surface area contributed by atoms with Gasteiger partial charge in [-0.05, 0) is 30.7 Å². The first kappa shape index (κ1) is 18.2. The van der Waals surface area contributed by atoms with E-state index < -0.39 is 18.2 Å². The average Bonchev–Trinajstić information content (AvgIpc) is 2.94. The third kappa shape index (κ3) is 3.82. The normalized spacial score (nSPS) is 11.9. The lowest BCUT2D eigenvalue weighted by atomic mass is 10.3. The Labute approximate surface area is 151 Å². The van der Waals surface area contributed by atoms with Crippen molar-refractivity contribution in [2.45, 2.75) is 19.0 Å². The lowest BCUT2D eigenvalue weighted by molar-refractivity contribution is -0.134. The molecule has 0 aliphatic carbocycles. The van der Waals surface area contributed by atoms with E-state index in [4.69, 9.17) is 11.6 Å². The number of imidazole rings is 1. The first-order valence-corrected chi connectivity index (χ1v) is 8.15. The molecule has 0 radical (unpaired) electrons. The van der Waals surface area contributed by atoms with Crippen molar-refractivity contribution in [3.05, 3.63) is 46.0 Å². The quantitative estimate of drug-likeness (QED) is 0.682. The van der Waals surface area contributed by atoms with Crippen molar-refractivity contribution < 1.29 is 13.2 Å². The Kier molecular flexibility index (Phi) is 4.90. The summed E-state index contributed by atoms with van der Waals surface area (Å²) >= 11 is 5.88. The lowest BCUT2D eigenvalue weighted by Gasteiger charge is -2.14. The minimum Gasteiger partial charge on any atom is -0.355 e. The van der Waals surface area contributed by atoms with Crippen molar-refractivity contribution in [2.75, 3.05) is 11.9 Å². The van der Waals surface area contributed by atoms with Gasteiger partial charge in [-0.15, -0.1) is 0 Å². The van der Waals surface area contributed by atoms with Gasteiger partial charge in [-0.3, -0.25) is 4.79 Å². The highest BCUT2D eigenvalue weighted by atomic mass is 35.5. The van der Waals surface area contributed by atoms with E-state index in [-0.39, 0.29) is 24.4 Å². The Bertz CT molecular complexity index is 978. The summed E-state index contributed by atoms with van der Waals surface area (Å²) < 4.78 is 39.8. The molecule has 3 aromatic rings. The van der Waals surface area contributed by atoms with Gasteiger partial charge in [-0.2, -0.15) is 18.2 Å². The minimum atomic E-state index is -4.23. The molecule has 0 atom stereocenters. The van der Waals surface area contributed by atoms with Gasteiger partial charge in [0.15, 0.2) is 11.2 Å². The smallest absolute Gasteiger partial charge is 0.355 e. The van der Waals surface area contributed by atoms with E-state index in [0.717, 1.165) is 0 Å². The number of fused-ring (bicyclic) bond motifs is 1. The van der Waals surface area contributed by atoms with Crippen molar-refractivity contribution in [1.29, 1.82) is 0 Å². The first-order chi connectivity index (χ1) is 12.3. The molecule has 0 aliphatic rings. The predicted octanol–water partition coefficient (Wildman–Crippen LogP) is 3.53. The van der Waals surface area contributed by atoms with Crippen LogP contribution in [0.2, 0.25) is 5.02 Å². The van der Waals surface area contributed by atoms with Gasteiger partial charge in [0.25, 0.3) is 5.56 Å². The molecule has 0 unspecified atom stereocenters. The van der Waals surface area contributed by atoms with Crippen LogP contribution in [0.15, 0.2) is 35.4 Å². The summed E-state index contributed by atoms with van der Waals surface area (Å²) in [4.78, 5) is 21.3. The summed E-state index contributed by atoms with van der Waals surface area (Å²) in [7, 11) is 1.68. The number of hydrogen-bond donors (Lipinski definition) is 1. The van der Waals surface area contributed by atoms with Crippen LogP contribution in [0.5, 0.6) is 0 Å². The Morgan fingerprint density at radius 1 is 1.23 bits per heavy atom. The highest BCUT2D eigenvalue weighted by molar-refractivity contribution is 6.30. The molecule has 2 aromatic heterocycles. The standard InChI is InChI=1S/C16H15ClF3N5O/c1-24-9-22-12-13(24)23-15(21-8-2-7-16(18,19)20)25(14(12)26)11-5-3-10(17)4-6-11/h3-6,9H,2,7-8H2,1H3,(H,21,23). The summed E-state index contributed by atoms with van der Waals surface area (Å²) in [5.74, 6) is 0.149. The number of anilines is 1. The van der Waals surface area contributed by atoms with Crippen molar-refractivity contribution >= 4 is 28.7 Å². The fourth-order valence-electron chi connectivity index (χ4n) is 2.50. The third-order valence-corrected chi connectivity index (χ3v) is 3.99. The number of nitrogens with zero attached hydrogens (tertiary/aromatic N) is 4. The minimum absolute atomic E-state index is 0.0168. The largest absolute Gasteiger partial charge is 0.389 e. The number of aryl methyl sites for hydroxylation is 1. The van der Waals surface area contributed by atoms with Gasteiger partial charge in [-0.1, -0.05) is 11.6 Å². The Hall–Kier alpha value is -2.55.